The van der Waals surface area contributed by atoms with Crippen LogP contribution >= 0.6 is 11.6 Å². The molecule has 1 atom stereocenters. The molecule has 2 aromatic carbocycles. The van der Waals surface area contributed by atoms with Crippen LogP contribution in [0.3, 0.4) is 0 Å². The summed E-state index contributed by atoms with van der Waals surface area (Å²) < 4.78 is 10.9. The number of hydrogen-bond donors (Lipinski definition) is 2. The minimum Gasteiger partial charge on any atom is -0.496 e. The molecule has 0 saturated heterocycles. The summed E-state index contributed by atoms with van der Waals surface area (Å²) >= 11 is 5.92. The third-order valence-corrected chi connectivity index (χ3v) is 3.94. The standard InChI is InChI=1S/C19H18ClN3O3/c1-12(26-14-7-5-6-13(20)10-14)19(24)21-18-11-16(22-23-18)15-8-3-4-9-17(15)25-2/h3-12H,1-2H3,(H2,21,22,23,24). The average molecular weight is 372 g/mol. The lowest BCUT2D eigenvalue weighted by Gasteiger charge is -2.13. The van der Waals surface area contributed by atoms with E-state index in [0.29, 0.717) is 22.3 Å². The lowest BCUT2D eigenvalue weighted by molar-refractivity contribution is -0.122. The Morgan fingerprint density at radius 3 is 2.77 bits per heavy atom. The van der Waals surface area contributed by atoms with Gasteiger partial charge >= 0.3 is 0 Å². The molecular formula is C19H18ClN3O3. The number of para-hydroxylation sites is 1. The molecule has 3 aromatic rings. The van der Waals surface area contributed by atoms with Crippen LogP contribution in [0.2, 0.25) is 5.02 Å². The zero-order valence-corrected chi connectivity index (χ0v) is 15.1. The molecule has 0 aliphatic heterocycles. The minimum absolute atomic E-state index is 0.317. The summed E-state index contributed by atoms with van der Waals surface area (Å²) in [5.41, 5.74) is 1.59. The SMILES string of the molecule is COc1ccccc1-c1cc(NC(=O)C(C)Oc2cccc(Cl)c2)n[nH]1. The molecule has 7 heteroatoms. The molecule has 0 spiro atoms. The number of amides is 1. The first-order chi connectivity index (χ1) is 12.6. The van der Waals surface area contributed by atoms with E-state index in [1.54, 1.807) is 44.4 Å². The molecule has 0 saturated carbocycles. The van der Waals surface area contributed by atoms with Gasteiger partial charge in [-0.15, -0.1) is 0 Å². The molecule has 26 heavy (non-hydrogen) atoms. The number of nitrogens with one attached hydrogen (secondary N) is 2. The van der Waals surface area contributed by atoms with E-state index in [2.05, 4.69) is 15.5 Å². The van der Waals surface area contributed by atoms with Crippen LogP contribution in [-0.4, -0.2) is 29.3 Å². The maximum atomic E-state index is 12.3. The lowest BCUT2D eigenvalue weighted by atomic mass is 10.1. The molecule has 0 bridgehead atoms. The van der Waals surface area contributed by atoms with E-state index in [9.17, 15) is 4.79 Å². The number of carbonyl (C=O) groups is 1. The zero-order valence-electron chi connectivity index (χ0n) is 14.3. The second kappa shape index (κ2) is 7.93. The molecule has 0 fully saturated rings. The third-order valence-electron chi connectivity index (χ3n) is 3.70. The fourth-order valence-electron chi connectivity index (χ4n) is 2.42. The predicted molar refractivity (Wildman–Crippen MR) is 101 cm³/mol. The van der Waals surface area contributed by atoms with E-state index in [1.165, 1.54) is 0 Å². The largest absolute Gasteiger partial charge is 0.496 e. The van der Waals surface area contributed by atoms with E-state index in [0.717, 1.165) is 11.3 Å². The number of aromatic amines is 1. The molecule has 2 N–H and O–H groups in total. The second-order valence-corrected chi connectivity index (χ2v) is 6.01. The molecule has 1 amide bonds. The highest BCUT2D eigenvalue weighted by Gasteiger charge is 2.17. The van der Waals surface area contributed by atoms with Gasteiger partial charge in [0.15, 0.2) is 11.9 Å². The molecule has 0 aliphatic rings. The Morgan fingerprint density at radius 1 is 1.19 bits per heavy atom. The number of halogens is 1. The van der Waals surface area contributed by atoms with Crippen molar-refractivity contribution < 1.29 is 14.3 Å². The quantitative estimate of drug-likeness (QED) is 0.682. The number of anilines is 1. The van der Waals surface area contributed by atoms with Crippen LogP contribution in [0, 0.1) is 0 Å². The number of nitrogens with zero attached hydrogens (tertiary/aromatic N) is 1. The van der Waals surface area contributed by atoms with Crippen LogP contribution in [0.15, 0.2) is 54.6 Å². The van der Waals surface area contributed by atoms with Crippen molar-refractivity contribution in [3.63, 3.8) is 0 Å². The van der Waals surface area contributed by atoms with Gasteiger partial charge in [-0.1, -0.05) is 29.8 Å². The number of rotatable bonds is 6. The zero-order chi connectivity index (χ0) is 18.5. The van der Waals surface area contributed by atoms with Gasteiger partial charge in [-0.2, -0.15) is 5.10 Å². The first kappa shape index (κ1) is 17.8. The summed E-state index contributed by atoms with van der Waals surface area (Å²) in [6.07, 6.45) is -0.708. The van der Waals surface area contributed by atoms with Crippen LogP contribution in [0.4, 0.5) is 5.82 Å². The number of benzene rings is 2. The Bertz CT molecular complexity index is 910. The summed E-state index contributed by atoms with van der Waals surface area (Å²) in [6.45, 7) is 1.66. The molecule has 3 rings (SSSR count). The van der Waals surface area contributed by atoms with Gasteiger partial charge in [0.05, 0.1) is 12.8 Å². The summed E-state index contributed by atoms with van der Waals surface area (Å²) in [5.74, 6) is 1.32. The summed E-state index contributed by atoms with van der Waals surface area (Å²) in [5, 5.41) is 10.3. The van der Waals surface area contributed by atoms with Crippen molar-refractivity contribution in [2.75, 3.05) is 12.4 Å². The van der Waals surface area contributed by atoms with Crippen molar-refractivity contribution >= 4 is 23.3 Å². The van der Waals surface area contributed by atoms with E-state index < -0.39 is 6.10 Å². The van der Waals surface area contributed by atoms with E-state index in [1.807, 2.05) is 24.3 Å². The summed E-state index contributed by atoms with van der Waals surface area (Å²) in [7, 11) is 1.60. The van der Waals surface area contributed by atoms with Crippen molar-refractivity contribution in [1.29, 1.82) is 0 Å². The van der Waals surface area contributed by atoms with Crippen LogP contribution in [0.25, 0.3) is 11.3 Å². The number of carbonyl (C=O) groups excluding carboxylic acids is 1. The number of hydrogen-bond acceptors (Lipinski definition) is 4. The van der Waals surface area contributed by atoms with Gasteiger partial charge in [-0.25, -0.2) is 0 Å². The van der Waals surface area contributed by atoms with Gasteiger partial charge in [-0.05, 0) is 37.3 Å². The summed E-state index contributed by atoms with van der Waals surface area (Å²) in [4.78, 5) is 12.3. The number of H-pyrrole nitrogens is 1. The van der Waals surface area contributed by atoms with Crippen LogP contribution in [0.5, 0.6) is 11.5 Å². The minimum atomic E-state index is -0.708. The highest BCUT2D eigenvalue weighted by Crippen LogP contribution is 2.29. The molecule has 134 valence electrons. The fourth-order valence-corrected chi connectivity index (χ4v) is 2.60. The number of methoxy groups -OCH3 is 1. The average Bonchev–Trinajstić information content (AvgIpc) is 3.10. The first-order valence-electron chi connectivity index (χ1n) is 7.98. The smallest absolute Gasteiger partial charge is 0.266 e. The highest BCUT2D eigenvalue weighted by atomic mass is 35.5. The molecule has 1 heterocycles. The van der Waals surface area contributed by atoms with Crippen molar-refractivity contribution in [2.24, 2.45) is 0 Å². The Hall–Kier alpha value is -2.99. The topological polar surface area (TPSA) is 76.2 Å². The van der Waals surface area contributed by atoms with Crippen molar-refractivity contribution in [3.05, 3.63) is 59.6 Å². The Morgan fingerprint density at radius 2 is 2.00 bits per heavy atom. The van der Waals surface area contributed by atoms with Crippen LogP contribution < -0.4 is 14.8 Å². The second-order valence-electron chi connectivity index (χ2n) is 5.57. The van der Waals surface area contributed by atoms with E-state index in [4.69, 9.17) is 21.1 Å². The first-order valence-corrected chi connectivity index (χ1v) is 8.36. The summed E-state index contributed by atoms with van der Waals surface area (Å²) in [6, 6.07) is 16.2. The van der Waals surface area contributed by atoms with Gasteiger partial charge in [0, 0.05) is 16.7 Å². The van der Waals surface area contributed by atoms with E-state index >= 15 is 0 Å². The number of aromatic nitrogens is 2. The van der Waals surface area contributed by atoms with Crippen molar-refractivity contribution in [1.82, 2.24) is 10.2 Å². The van der Waals surface area contributed by atoms with Crippen molar-refractivity contribution in [3.8, 4) is 22.8 Å². The maximum absolute atomic E-state index is 12.3. The van der Waals surface area contributed by atoms with Gasteiger partial charge in [0.25, 0.3) is 5.91 Å². The van der Waals surface area contributed by atoms with Crippen molar-refractivity contribution in [2.45, 2.75) is 13.0 Å². The molecule has 1 unspecified atom stereocenters. The van der Waals surface area contributed by atoms with E-state index in [-0.39, 0.29) is 5.91 Å². The molecule has 0 radical (unpaired) electrons. The molecular weight excluding hydrogens is 354 g/mol. The van der Waals surface area contributed by atoms with Crippen LogP contribution in [-0.2, 0) is 4.79 Å². The Labute approximate surface area is 156 Å². The van der Waals surface area contributed by atoms with Gasteiger partial charge in [0.1, 0.15) is 11.5 Å². The molecule has 1 aromatic heterocycles. The molecule has 0 aliphatic carbocycles. The van der Waals surface area contributed by atoms with Gasteiger partial charge < -0.3 is 14.8 Å². The van der Waals surface area contributed by atoms with Gasteiger partial charge in [0.2, 0.25) is 0 Å². The Balaban J connectivity index is 1.67. The normalized spacial score (nSPS) is 11.7. The lowest BCUT2D eigenvalue weighted by Crippen LogP contribution is -2.30. The fraction of sp³-hybridized carbons (Fsp3) is 0.158. The van der Waals surface area contributed by atoms with Gasteiger partial charge in [-0.3, -0.25) is 9.89 Å². The van der Waals surface area contributed by atoms with Crippen LogP contribution in [0.1, 0.15) is 6.92 Å². The monoisotopic (exact) mass is 371 g/mol. The number of ether oxygens (including phenoxy) is 2. The molecule has 6 nitrogen and oxygen atoms in total. The predicted octanol–water partition coefficient (Wildman–Crippen LogP) is 4.14. The maximum Gasteiger partial charge on any atom is 0.266 e. The highest BCUT2D eigenvalue weighted by molar-refractivity contribution is 6.30. The third kappa shape index (κ3) is 4.15. The Kier molecular flexibility index (Phi) is 5.43.